The molecule has 1 aromatic heterocycles. The molecule has 0 aliphatic carbocycles. The highest BCUT2D eigenvalue weighted by Crippen LogP contribution is 2.17. The Kier molecular flexibility index (Phi) is 2.89. The van der Waals surface area contributed by atoms with Crippen molar-refractivity contribution in [3.8, 4) is 0 Å². The Morgan fingerprint density at radius 3 is 3.07 bits per heavy atom. The Labute approximate surface area is 84.9 Å². The highest BCUT2D eigenvalue weighted by molar-refractivity contribution is 5.05. The van der Waals surface area contributed by atoms with Gasteiger partial charge in [-0.05, 0) is 18.4 Å². The molecule has 2 rings (SSSR count). The standard InChI is InChI=1S/C11H18N2O/c1-9-4-11(12)7-13(5-9)6-10-2-3-14-8-10/h2-3,8-9,11H,4-7,12H2,1H3. The zero-order valence-electron chi connectivity index (χ0n) is 8.65. The lowest BCUT2D eigenvalue weighted by Crippen LogP contribution is -2.45. The summed E-state index contributed by atoms with van der Waals surface area (Å²) in [5.41, 5.74) is 7.22. The third-order valence-electron chi connectivity index (χ3n) is 2.75. The lowest BCUT2D eigenvalue weighted by molar-refractivity contribution is 0.158. The van der Waals surface area contributed by atoms with Gasteiger partial charge in [0, 0.05) is 31.2 Å². The Bertz CT molecular complexity index is 261. The lowest BCUT2D eigenvalue weighted by Gasteiger charge is -2.34. The van der Waals surface area contributed by atoms with E-state index < -0.39 is 0 Å². The molecule has 2 unspecified atom stereocenters. The number of furan rings is 1. The second kappa shape index (κ2) is 4.15. The maximum atomic E-state index is 5.98. The minimum absolute atomic E-state index is 0.339. The van der Waals surface area contributed by atoms with Gasteiger partial charge < -0.3 is 10.2 Å². The van der Waals surface area contributed by atoms with E-state index in [1.165, 1.54) is 5.56 Å². The van der Waals surface area contributed by atoms with Gasteiger partial charge in [0.2, 0.25) is 0 Å². The molecule has 0 bridgehead atoms. The van der Waals surface area contributed by atoms with Crippen molar-refractivity contribution in [1.29, 1.82) is 0 Å². The van der Waals surface area contributed by atoms with Crippen LogP contribution in [0.1, 0.15) is 18.9 Å². The number of nitrogens with two attached hydrogens (primary N) is 1. The molecule has 1 saturated heterocycles. The third-order valence-corrected chi connectivity index (χ3v) is 2.75. The molecular weight excluding hydrogens is 176 g/mol. The molecule has 3 heteroatoms. The second-order valence-electron chi connectivity index (χ2n) is 4.43. The van der Waals surface area contributed by atoms with Crippen LogP contribution in [0.5, 0.6) is 0 Å². The van der Waals surface area contributed by atoms with Gasteiger partial charge in [0.25, 0.3) is 0 Å². The van der Waals surface area contributed by atoms with Crippen LogP contribution in [0.15, 0.2) is 23.0 Å². The molecule has 1 fully saturated rings. The quantitative estimate of drug-likeness (QED) is 0.774. The van der Waals surface area contributed by atoms with Gasteiger partial charge in [-0.25, -0.2) is 0 Å². The van der Waals surface area contributed by atoms with Crippen LogP contribution in [-0.4, -0.2) is 24.0 Å². The van der Waals surface area contributed by atoms with E-state index in [0.717, 1.165) is 26.1 Å². The van der Waals surface area contributed by atoms with Crippen molar-refractivity contribution < 1.29 is 4.42 Å². The largest absolute Gasteiger partial charge is 0.472 e. The van der Waals surface area contributed by atoms with E-state index in [1.54, 1.807) is 6.26 Å². The second-order valence-corrected chi connectivity index (χ2v) is 4.43. The highest BCUT2D eigenvalue weighted by atomic mass is 16.3. The SMILES string of the molecule is CC1CC(N)CN(Cc2ccoc2)C1. The van der Waals surface area contributed by atoms with E-state index in [-0.39, 0.29) is 0 Å². The predicted octanol–water partition coefficient (Wildman–Crippen LogP) is 1.45. The summed E-state index contributed by atoms with van der Waals surface area (Å²) in [5.74, 6) is 0.714. The van der Waals surface area contributed by atoms with Crippen molar-refractivity contribution in [2.75, 3.05) is 13.1 Å². The minimum atomic E-state index is 0.339. The number of hydrogen-bond acceptors (Lipinski definition) is 3. The molecule has 1 aliphatic rings. The molecule has 0 spiro atoms. The topological polar surface area (TPSA) is 42.4 Å². The van der Waals surface area contributed by atoms with Crippen molar-refractivity contribution in [1.82, 2.24) is 4.90 Å². The van der Waals surface area contributed by atoms with Gasteiger partial charge >= 0.3 is 0 Å². The van der Waals surface area contributed by atoms with E-state index in [1.807, 2.05) is 12.3 Å². The number of hydrogen-bond donors (Lipinski definition) is 1. The Morgan fingerprint density at radius 1 is 1.57 bits per heavy atom. The van der Waals surface area contributed by atoms with Crippen LogP contribution in [-0.2, 0) is 6.54 Å². The van der Waals surface area contributed by atoms with Crippen LogP contribution in [0.25, 0.3) is 0 Å². The molecule has 2 heterocycles. The molecule has 0 radical (unpaired) electrons. The summed E-state index contributed by atoms with van der Waals surface area (Å²) < 4.78 is 5.05. The average molecular weight is 194 g/mol. The van der Waals surface area contributed by atoms with Crippen LogP contribution in [0.3, 0.4) is 0 Å². The fourth-order valence-electron chi connectivity index (χ4n) is 2.28. The highest BCUT2D eigenvalue weighted by Gasteiger charge is 2.21. The Balaban J connectivity index is 1.91. The third kappa shape index (κ3) is 2.36. The first-order valence-corrected chi connectivity index (χ1v) is 5.23. The van der Waals surface area contributed by atoms with Gasteiger partial charge in [-0.15, -0.1) is 0 Å². The summed E-state index contributed by atoms with van der Waals surface area (Å²) in [4.78, 5) is 2.41. The molecule has 2 N–H and O–H groups in total. The monoisotopic (exact) mass is 194 g/mol. The van der Waals surface area contributed by atoms with E-state index in [9.17, 15) is 0 Å². The number of nitrogens with zero attached hydrogens (tertiary/aromatic N) is 1. The number of piperidine rings is 1. The molecule has 14 heavy (non-hydrogen) atoms. The molecule has 78 valence electrons. The maximum Gasteiger partial charge on any atom is 0.0947 e. The van der Waals surface area contributed by atoms with Crippen molar-refractivity contribution >= 4 is 0 Å². The van der Waals surface area contributed by atoms with Crippen LogP contribution < -0.4 is 5.73 Å². The molecule has 3 nitrogen and oxygen atoms in total. The van der Waals surface area contributed by atoms with Gasteiger partial charge in [-0.2, -0.15) is 0 Å². The van der Waals surface area contributed by atoms with Crippen LogP contribution in [0, 0.1) is 5.92 Å². The fraction of sp³-hybridized carbons (Fsp3) is 0.636. The summed E-state index contributed by atoms with van der Waals surface area (Å²) in [6, 6.07) is 2.36. The normalized spacial score (nSPS) is 29.3. The average Bonchev–Trinajstić information content (AvgIpc) is 2.54. The smallest absolute Gasteiger partial charge is 0.0947 e. The van der Waals surface area contributed by atoms with Crippen molar-refractivity contribution in [3.63, 3.8) is 0 Å². The molecule has 2 atom stereocenters. The van der Waals surface area contributed by atoms with Gasteiger partial charge in [0.15, 0.2) is 0 Å². The first-order valence-electron chi connectivity index (χ1n) is 5.23. The first kappa shape index (κ1) is 9.74. The van der Waals surface area contributed by atoms with Crippen molar-refractivity contribution in [2.24, 2.45) is 11.7 Å². The Morgan fingerprint density at radius 2 is 2.43 bits per heavy atom. The molecular formula is C11H18N2O. The van der Waals surface area contributed by atoms with E-state index in [0.29, 0.717) is 12.0 Å². The number of rotatable bonds is 2. The molecule has 0 aromatic carbocycles. The summed E-state index contributed by atoms with van der Waals surface area (Å²) in [5, 5.41) is 0. The van der Waals surface area contributed by atoms with Crippen LogP contribution in [0.2, 0.25) is 0 Å². The lowest BCUT2D eigenvalue weighted by atomic mass is 9.96. The minimum Gasteiger partial charge on any atom is -0.472 e. The van der Waals surface area contributed by atoms with Crippen LogP contribution in [0.4, 0.5) is 0 Å². The summed E-state index contributed by atoms with van der Waals surface area (Å²) in [7, 11) is 0. The zero-order valence-corrected chi connectivity index (χ0v) is 8.65. The summed E-state index contributed by atoms with van der Waals surface area (Å²) in [6.45, 7) is 5.39. The van der Waals surface area contributed by atoms with E-state index in [2.05, 4.69) is 11.8 Å². The van der Waals surface area contributed by atoms with Gasteiger partial charge in [-0.3, -0.25) is 4.90 Å². The first-order chi connectivity index (χ1) is 6.74. The van der Waals surface area contributed by atoms with Gasteiger partial charge in [-0.1, -0.05) is 6.92 Å². The molecule has 0 amide bonds. The van der Waals surface area contributed by atoms with Crippen molar-refractivity contribution in [3.05, 3.63) is 24.2 Å². The van der Waals surface area contributed by atoms with E-state index in [4.69, 9.17) is 10.2 Å². The fourth-order valence-corrected chi connectivity index (χ4v) is 2.28. The molecule has 1 aromatic rings. The zero-order chi connectivity index (χ0) is 9.97. The Hall–Kier alpha value is -0.800. The summed E-state index contributed by atoms with van der Waals surface area (Å²) in [6.07, 6.45) is 4.69. The van der Waals surface area contributed by atoms with E-state index >= 15 is 0 Å². The molecule has 1 aliphatic heterocycles. The number of likely N-dealkylation sites (tertiary alicyclic amines) is 1. The van der Waals surface area contributed by atoms with Crippen molar-refractivity contribution in [2.45, 2.75) is 25.9 Å². The maximum absolute atomic E-state index is 5.98. The van der Waals surface area contributed by atoms with Crippen LogP contribution >= 0.6 is 0 Å². The van der Waals surface area contributed by atoms with Gasteiger partial charge in [0.05, 0.1) is 12.5 Å². The predicted molar refractivity (Wildman–Crippen MR) is 55.7 cm³/mol. The molecule has 0 saturated carbocycles. The summed E-state index contributed by atoms with van der Waals surface area (Å²) >= 11 is 0. The van der Waals surface area contributed by atoms with Gasteiger partial charge in [0.1, 0.15) is 0 Å².